The van der Waals surface area contributed by atoms with Crippen LogP contribution in [0.5, 0.6) is 0 Å². The summed E-state index contributed by atoms with van der Waals surface area (Å²) < 4.78 is 0. The zero-order chi connectivity index (χ0) is 14.6. The summed E-state index contributed by atoms with van der Waals surface area (Å²) in [5.74, 6) is 0.00361. The number of halogens is 1. The van der Waals surface area contributed by atoms with Crippen LogP contribution in [0.2, 0.25) is 0 Å². The van der Waals surface area contributed by atoms with E-state index in [1.54, 1.807) is 6.20 Å². The Balaban J connectivity index is 0.00000220. The van der Waals surface area contributed by atoms with Crippen molar-refractivity contribution in [2.75, 3.05) is 6.54 Å². The molecule has 0 saturated carbocycles. The van der Waals surface area contributed by atoms with Gasteiger partial charge in [-0.2, -0.15) is 0 Å². The van der Waals surface area contributed by atoms with E-state index < -0.39 is 0 Å². The highest BCUT2D eigenvalue weighted by Gasteiger charge is 2.26. The number of pyridine rings is 1. The number of carbonyl (C=O) groups excluding carboxylic acids is 1. The topological polar surface area (TPSA) is 83.8 Å². The third-order valence-electron chi connectivity index (χ3n) is 4.04. The summed E-state index contributed by atoms with van der Waals surface area (Å²) in [4.78, 5) is 19.6. The summed E-state index contributed by atoms with van der Waals surface area (Å²) in [6.07, 6.45) is 5.59. The molecule has 0 unspecified atom stereocenters. The van der Waals surface area contributed by atoms with Crippen LogP contribution in [-0.2, 0) is 11.2 Å². The molecular weight excluding hydrogens is 288 g/mol. The molecule has 0 aliphatic carbocycles. The molecular formula is C15H23ClN4O. The lowest BCUT2D eigenvalue weighted by Crippen LogP contribution is -2.53. The highest BCUT2D eigenvalue weighted by Crippen LogP contribution is 2.18. The number of nitrogens with two attached hydrogens (primary N) is 1. The van der Waals surface area contributed by atoms with Crippen LogP contribution < -0.4 is 11.1 Å². The third kappa shape index (κ3) is 3.74. The second-order valence-electron chi connectivity index (χ2n) is 5.13. The number of fused-ring (bicyclic) bond motifs is 1. The van der Waals surface area contributed by atoms with Gasteiger partial charge in [-0.25, -0.2) is 4.98 Å². The number of amides is 1. The molecule has 0 saturated heterocycles. The zero-order valence-electron chi connectivity index (χ0n) is 12.5. The second-order valence-corrected chi connectivity index (χ2v) is 5.13. The fourth-order valence-electron chi connectivity index (χ4n) is 2.44. The van der Waals surface area contributed by atoms with Crippen molar-refractivity contribution >= 4 is 29.3 Å². The fourth-order valence-corrected chi connectivity index (χ4v) is 2.44. The summed E-state index contributed by atoms with van der Waals surface area (Å²) in [5.41, 5.74) is 7.29. The Labute approximate surface area is 131 Å². The highest BCUT2D eigenvalue weighted by atomic mass is 35.5. The number of rotatable bonds is 6. The van der Waals surface area contributed by atoms with E-state index in [4.69, 9.17) is 5.73 Å². The van der Waals surface area contributed by atoms with Gasteiger partial charge in [-0.05, 0) is 30.5 Å². The van der Waals surface area contributed by atoms with Crippen molar-refractivity contribution in [3.05, 3.63) is 30.1 Å². The van der Waals surface area contributed by atoms with Crippen molar-refractivity contribution in [1.82, 2.24) is 15.3 Å². The van der Waals surface area contributed by atoms with E-state index in [0.717, 1.165) is 29.4 Å². The highest BCUT2D eigenvalue weighted by molar-refractivity contribution is 5.87. The first-order valence-corrected chi connectivity index (χ1v) is 7.06. The summed E-state index contributed by atoms with van der Waals surface area (Å²) in [5, 5.41) is 4.08. The number of aromatic nitrogens is 2. The molecule has 0 radical (unpaired) electrons. The Morgan fingerprint density at radius 3 is 2.76 bits per heavy atom. The Kier molecular flexibility index (Phi) is 6.18. The van der Waals surface area contributed by atoms with Gasteiger partial charge in [0.15, 0.2) is 0 Å². The van der Waals surface area contributed by atoms with E-state index in [9.17, 15) is 4.79 Å². The number of H-pyrrole nitrogens is 1. The molecule has 2 heterocycles. The standard InChI is InChI=1S/C15H22N4O.ClH/c1-3-15(4-2,10-16)19-13(20)8-11-9-18-14-12(11)6-5-7-17-14;/h5-7,9H,3-4,8,10,16H2,1-2H3,(H,17,18)(H,19,20);1H. The molecule has 1 amide bonds. The maximum atomic E-state index is 12.2. The van der Waals surface area contributed by atoms with Crippen molar-refractivity contribution in [2.45, 2.75) is 38.6 Å². The molecule has 0 fully saturated rings. The van der Waals surface area contributed by atoms with E-state index in [-0.39, 0.29) is 23.9 Å². The normalized spacial score (nSPS) is 11.2. The summed E-state index contributed by atoms with van der Waals surface area (Å²) in [6.45, 7) is 4.56. The Morgan fingerprint density at radius 1 is 1.43 bits per heavy atom. The van der Waals surface area contributed by atoms with E-state index in [2.05, 4.69) is 15.3 Å². The number of carbonyl (C=O) groups is 1. The molecule has 0 aliphatic rings. The monoisotopic (exact) mass is 310 g/mol. The van der Waals surface area contributed by atoms with Gasteiger partial charge in [-0.1, -0.05) is 13.8 Å². The van der Waals surface area contributed by atoms with Gasteiger partial charge >= 0.3 is 0 Å². The van der Waals surface area contributed by atoms with Crippen molar-refractivity contribution in [3.8, 4) is 0 Å². The van der Waals surface area contributed by atoms with Gasteiger partial charge in [0, 0.05) is 24.3 Å². The summed E-state index contributed by atoms with van der Waals surface area (Å²) in [6, 6.07) is 3.84. The predicted octanol–water partition coefficient (Wildman–Crippen LogP) is 2.16. The molecule has 0 spiro atoms. The number of nitrogens with one attached hydrogen (secondary N) is 2. The molecule has 2 rings (SSSR count). The van der Waals surface area contributed by atoms with Crippen molar-refractivity contribution < 1.29 is 4.79 Å². The van der Waals surface area contributed by atoms with Crippen LogP contribution in [0.25, 0.3) is 11.0 Å². The van der Waals surface area contributed by atoms with Gasteiger partial charge in [0.05, 0.1) is 12.0 Å². The Hall–Kier alpha value is -1.59. The van der Waals surface area contributed by atoms with E-state index in [1.807, 2.05) is 32.2 Å². The zero-order valence-corrected chi connectivity index (χ0v) is 13.3. The number of hydrogen-bond donors (Lipinski definition) is 3. The minimum Gasteiger partial charge on any atom is -0.349 e. The molecule has 0 aromatic carbocycles. The van der Waals surface area contributed by atoms with Gasteiger partial charge < -0.3 is 16.0 Å². The van der Waals surface area contributed by atoms with E-state index in [0.29, 0.717) is 13.0 Å². The predicted molar refractivity (Wildman–Crippen MR) is 87.6 cm³/mol. The molecule has 116 valence electrons. The smallest absolute Gasteiger partial charge is 0.224 e. The van der Waals surface area contributed by atoms with Gasteiger partial charge in [-0.3, -0.25) is 4.79 Å². The van der Waals surface area contributed by atoms with Gasteiger partial charge in [0.1, 0.15) is 5.65 Å². The van der Waals surface area contributed by atoms with Crippen molar-refractivity contribution in [1.29, 1.82) is 0 Å². The lowest BCUT2D eigenvalue weighted by Gasteiger charge is -2.31. The Bertz CT molecular complexity index is 584. The molecule has 21 heavy (non-hydrogen) atoms. The summed E-state index contributed by atoms with van der Waals surface area (Å²) in [7, 11) is 0. The molecule has 5 nitrogen and oxygen atoms in total. The van der Waals surface area contributed by atoms with Crippen LogP contribution in [0.15, 0.2) is 24.5 Å². The first kappa shape index (κ1) is 17.5. The Morgan fingerprint density at radius 2 is 2.14 bits per heavy atom. The minimum absolute atomic E-state index is 0. The lowest BCUT2D eigenvalue weighted by atomic mass is 9.92. The van der Waals surface area contributed by atoms with Crippen LogP contribution in [0.3, 0.4) is 0 Å². The quantitative estimate of drug-likeness (QED) is 0.764. The largest absolute Gasteiger partial charge is 0.349 e. The van der Waals surface area contributed by atoms with Crippen LogP contribution in [0.4, 0.5) is 0 Å². The van der Waals surface area contributed by atoms with Crippen LogP contribution in [0, 0.1) is 0 Å². The summed E-state index contributed by atoms with van der Waals surface area (Å²) >= 11 is 0. The van der Waals surface area contributed by atoms with Crippen LogP contribution >= 0.6 is 12.4 Å². The van der Waals surface area contributed by atoms with Gasteiger partial charge in [0.2, 0.25) is 5.91 Å². The average Bonchev–Trinajstić information content (AvgIpc) is 2.88. The third-order valence-corrected chi connectivity index (χ3v) is 4.04. The van der Waals surface area contributed by atoms with Crippen LogP contribution in [-0.4, -0.2) is 28.0 Å². The van der Waals surface area contributed by atoms with Gasteiger partial charge in [0.25, 0.3) is 0 Å². The number of nitrogens with zero attached hydrogens (tertiary/aromatic N) is 1. The van der Waals surface area contributed by atoms with Crippen molar-refractivity contribution in [2.24, 2.45) is 5.73 Å². The molecule has 2 aromatic heterocycles. The van der Waals surface area contributed by atoms with Gasteiger partial charge in [-0.15, -0.1) is 12.4 Å². The molecule has 0 atom stereocenters. The molecule has 2 aromatic rings. The molecule has 4 N–H and O–H groups in total. The van der Waals surface area contributed by atoms with Crippen LogP contribution in [0.1, 0.15) is 32.3 Å². The molecule has 0 bridgehead atoms. The maximum Gasteiger partial charge on any atom is 0.224 e. The molecule has 0 aliphatic heterocycles. The minimum atomic E-state index is -0.290. The first-order chi connectivity index (χ1) is 9.64. The van der Waals surface area contributed by atoms with E-state index >= 15 is 0 Å². The SMILES string of the molecule is CCC(CC)(CN)NC(=O)Cc1c[nH]c2ncccc12.Cl. The van der Waals surface area contributed by atoms with E-state index in [1.165, 1.54) is 0 Å². The average molecular weight is 311 g/mol. The molecule has 6 heteroatoms. The first-order valence-electron chi connectivity index (χ1n) is 7.06. The second kappa shape index (κ2) is 7.43. The number of hydrogen-bond acceptors (Lipinski definition) is 3. The lowest BCUT2D eigenvalue weighted by molar-refractivity contribution is -0.122. The fraction of sp³-hybridized carbons (Fsp3) is 0.467. The number of aromatic amines is 1. The van der Waals surface area contributed by atoms with Crippen molar-refractivity contribution in [3.63, 3.8) is 0 Å². The maximum absolute atomic E-state index is 12.2.